The fourth-order valence-corrected chi connectivity index (χ4v) is 2.26. The van der Waals surface area contributed by atoms with Crippen molar-refractivity contribution in [3.05, 3.63) is 0 Å². The van der Waals surface area contributed by atoms with Gasteiger partial charge in [0.15, 0.2) is 0 Å². The van der Waals surface area contributed by atoms with Gasteiger partial charge in [-0.05, 0) is 6.42 Å². The summed E-state index contributed by atoms with van der Waals surface area (Å²) >= 11 is 5.48. The molecule has 0 fully saturated rings. The molecule has 0 heterocycles. The lowest BCUT2D eigenvalue weighted by Crippen LogP contribution is -2.14. The molecule has 0 amide bonds. The first-order valence-corrected chi connectivity index (χ1v) is 10.4. The van der Waals surface area contributed by atoms with Gasteiger partial charge in [0.2, 0.25) is 0 Å². The van der Waals surface area contributed by atoms with E-state index in [1.54, 1.807) is 0 Å². The molecule has 0 aromatic carbocycles. The summed E-state index contributed by atoms with van der Waals surface area (Å²) in [5.41, 5.74) is 0. The molecular weight excluding hydrogens is 360 g/mol. The molecule has 0 saturated carbocycles. The number of carbonyl (C=O) groups is 1. The molecule has 7 heteroatoms. The highest BCUT2D eigenvalue weighted by molar-refractivity contribution is 6.17. The van der Waals surface area contributed by atoms with Crippen molar-refractivity contribution in [2.45, 2.75) is 51.9 Å². The van der Waals surface area contributed by atoms with E-state index in [-0.39, 0.29) is 5.97 Å². The van der Waals surface area contributed by atoms with Crippen LogP contribution in [0.1, 0.15) is 51.9 Å². The molecule has 0 unspecified atom stereocenters. The average molecular weight is 397 g/mol. The van der Waals surface area contributed by atoms with Gasteiger partial charge in [0.25, 0.3) is 0 Å². The summed E-state index contributed by atoms with van der Waals surface area (Å²) in [6.45, 7) is 6.57. The van der Waals surface area contributed by atoms with E-state index in [1.807, 2.05) is 0 Å². The largest absolute Gasteiger partial charge is 0.463 e. The monoisotopic (exact) mass is 396 g/mol. The quantitative estimate of drug-likeness (QED) is 0.168. The number of unbranched alkanes of at least 4 members (excludes halogenated alkanes) is 5. The number of carbonyl (C=O) groups excluding carboxylic acids is 1. The zero-order valence-electron chi connectivity index (χ0n) is 16.3. The van der Waals surface area contributed by atoms with Gasteiger partial charge >= 0.3 is 5.97 Å². The zero-order chi connectivity index (χ0) is 19.1. The van der Waals surface area contributed by atoms with Gasteiger partial charge in [-0.25, -0.2) is 0 Å². The first-order valence-electron chi connectivity index (χ1n) is 9.83. The Hall–Kier alpha value is -0.400. The van der Waals surface area contributed by atoms with Crippen molar-refractivity contribution in [1.29, 1.82) is 0 Å². The second-order valence-electron chi connectivity index (χ2n) is 5.88. The lowest BCUT2D eigenvalue weighted by molar-refractivity contribution is -0.145. The maximum atomic E-state index is 11.5. The molecule has 0 radical (unpaired) electrons. The van der Waals surface area contributed by atoms with Crippen LogP contribution >= 0.6 is 11.6 Å². The van der Waals surface area contributed by atoms with Gasteiger partial charge in [0.05, 0.1) is 52.9 Å². The molecule has 156 valence electrons. The van der Waals surface area contributed by atoms with Gasteiger partial charge in [0, 0.05) is 12.3 Å². The van der Waals surface area contributed by atoms with Gasteiger partial charge in [-0.1, -0.05) is 39.0 Å². The normalized spacial score (nSPS) is 11.0. The molecule has 0 aromatic heterocycles. The summed E-state index contributed by atoms with van der Waals surface area (Å²) in [6, 6.07) is 0. The summed E-state index contributed by atoms with van der Waals surface area (Å²) in [4.78, 5) is 11.5. The number of rotatable bonds is 21. The fourth-order valence-electron chi connectivity index (χ4n) is 2.15. The predicted octanol–water partition coefficient (Wildman–Crippen LogP) is 3.59. The number of halogens is 1. The molecule has 0 saturated heterocycles. The molecule has 0 spiro atoms. The van der Waals surface area contributed by atoms with Crippen molar-refractivity contribution >= 4 is 17.6 Å². The third kappa shape index (κ3) is 21.6. The van der Waals surface area contributed by atoms with Crippen molar-refractivity contribution < 1.29 is 28.5 Å². The Labute approximate surface area is 163 Å². The Morgan fingerprint density at radius 2 is 1.12 bits per heavy atom. The van der Waals surface area contributed by atoms with E-state index >= 15 is 0 Å². The third-order valence-electron chi connectivity index (χ3n) is 3.56. The molecule has 0 aliphatic heterocycles. The van der Waals surface area contributed by atoms with E-state index in [2.05, 4.69) is 6.92 Å². The molecule has 0 aliphatic carbocycles. The average Bonchev–Trinajstić information content (AvgIpc) is 2.65. The first kappa shape index (κ1) is 25.6. The molecule has 0 N–H and O–H groups in total. The van der Waals surface area contributed by atoms with E-state index in [9.17, 15) is 4.79 Å². The SMILES string of the molecule is CCCCCCCCC(=O)OCCOCCOCCOCCOCCCl. The number of ether oxygens (including phenoxy) is 5. The van der Waals surface area contributed by atoms with Crippen LogP contribution in [0.4, 0.5) is 0 Å². The van der Waals surface area contributed by atoms with Crippen LogP contribution in [0.5, 0.6) is 0 Å². The van der Waals surface area contributed by atoms with Crippen molar-refractivity contribution in [1.82, 2.24) is 0 Å². The predicted molar refractivity (Wildman–Crippen MR) is 103 cm³/mol. The summed E-state index contributed by atoms with van der Waals surface area (Å²) in [7, 11) is 0. The van der Waals surface area contributed by atoms with Crippen LogP contribution in [-0.2, 0) is 28.5 Å². The van der Waals surface area contributed by atoms with Crippen LogP contribution in [0.3, 0.4) is 0 Å². The molecular formula is C19H37ClO6. The molecule has 0 aliphatic rings. The minimum absolute atomic E-state index is 0.132. The highest BCUT2D eigenvalue weighted by atomic mass is 35.5. The number of esters is 1. The summed E-state index contributed by atoms with van der Waals surface area (Å²) in [5, 5.41) is 0. The van der Waals surface area contributed by atoms with E-state index < -0.39 is 0 Å². The van der Waals surface area contributed by atoms with Gasteiger partial charge in [-0.15, -0.1) is 11.6 Å². The van der Waals surface area contributed by atoms with Crippen LogP contribution in [-0.4, -0.2) is 71.3 Å². The van der Waals surface area contributed by atoms with Crippen molar-refractivity contribution in [2.75, 3.05) is 65.3 Å². The third-order valence-corrected chi connectivity index (χ3v) is 3.72. The molecule has 6 nitrogen and oxygen atoms in total. The van der Waals surface area contributed by atoms with Crippen LogP contribution in [0.25, 0.3) is 0 Å². The summed E-state index contributed by atoms with van der Waals surface area (Å²) in [6.07, 6.45) is 7.51. The smallest absolute Gasteiger partial charge is 0.305 e. The second kappa shape index (κ2) is 22.6. The van der Waals surface area contributed by atoms with Crippen LogP contribution in [0, 0.1) is 0 Å². The minimum Gasteiger partial charge on any atom is -0.463 e. The molecule has 0 atom stereocenters. The van der Waals surface area contributed by atoms with Crippen molar-refractivity contribution in [2.24, 2.45) is 0 Å². The maximum Gasteiger partial charge on any atom is 0.305 e. The standard InChI is InChI=1S/C19H37ClO6/c1-2-3-4-5-6-7-8-19(21)26-18-17-25-16-15-24-14-13-23-12-11-22-10-9-20/h2-18H2,1H3. The Kier molecular flexibility index (Phi) is 22.3. The lowest BCUT2D eigenvalue weighted by Gasteiger charge is -2.08. The summed E-state index contributed by atoms with van der Waals surface area (Å²) in [5.74, 6) is 0.369. The van der Waals surface area contributed by atoms with Crippen molar-refractivity contribution in [3.8, 4) is 0 Å². The molecule has 26 heavy (non-hydrogen) atoms. The highest BCUT2D eigenvalue weighted by Gasteiger charge is 2.02. The van der Waals surface area contributed by atoms with Crippen LogP contribution in [0.15, 0.2) is 0 Å². The van der Waals surface area contributed by atoms with E-state index in [4.69, 9.17) is 35.3 Å². The summed E-state index contributed by atoms with van der Waals surface area (Å²) < 4.78 is 26.3. The highest BCUT2D eigenvalue weighted by Crippen LogP contribution is 2.07. The molecule has 0 aromatic rings. The van der Waals surface area contributed by atoms with E-state index in [1.165, 1.54) is 25.7 Å². The van der Waals surface area contributed by atoms with Crippen LogP contribution in [0.2, 0.25) is 0 Å². The minimum atomic E-state index is -0.132. The lowest BCUT2D eigenvalue weighted by atomic mass is 10.1. The van der Waals surface area contributed by atoms with Gasteiger partial charge in [-0.3, -0.25) is 4.79 Å². The molecule has 0 bridgehead atoms. The number of hydrogen-bond donors (Lipinski definition) is 0. The molecule has 0 rings (SSSR count). The maximum absolute atomic E-state index is 11.5. The fraction of sp³-hybridized carbons (Fsp3) is 0.947. The number of alkyl halides is 1. The van der Waals surface area contributed by atoms with E-state index in [0.29, 0.717) is 71.8 Å². The Bertz CT molecular complexity index is 291. The van der Waals surface area contributed by atoms with Gasteiger partial charge < -0.3 is 23.7 Å². The van der Waals surface area contributed by atoms with Gasteiger partial charge in [0.1, 0.15) is 6.61 Å². The topological polar surface area (TPSA) is 63.2 Å². The first-order chi connectivity index (χ1) is 12.8. The number of hydrogen-bond acceptors (Lipinski definition) is 6. The Morgan fingerprint density at radius 1 is 0.654 bits per heavy atom. The van der Waals surface area contributed by atoms with Gasteiger partial charge in [-0.2, -0.15) is 0 Å². The van der Waals surface area contributed by atoms with Crippen LogP contribution < -0.4 is 0 Å². The Morgan fingerprint density at radius 3 is 1.65 bits per heavy atom. The van der Waals surface area contributed by atoms with Crippen molar-refractivity contribution in [3.63, 3.8) is 0 Å². The Balaban J connectivity index is 3.11. The zero-order valence-corrected chi connectivity index (χ0v) is 17.1. The van der Waals surface area contributed by atoms with E-state index in [0.717, 1.165) is 12.8 Å². The second-order valence-corrected chi connectivity index (χ2v) is 6.25.